The molecule has 3 aromatic rings. The van der Waals surface area contributed by atoms with Crippen LogP contribution in [-0.2, 0) is 0 Å². The number of ketones is 1. The molecule has 0 bridgehead atoms. The molecule has 0 saturated carbocycles. The van der Waals surface area contributed by atoms with E-state index >= 15 is 0 Å². The maximum atomic E-state index is 12.8. The van der Waals surface area contributed by atoms with Gasteiger partial charge in [0.05, 0.1) is 16.1 Å². The molecule has 5 nitrogen and oxygen atoms in total. The standard InChI is InChI=1S/C21H23N3O2S/c1-12(2)24-13(3)11-17(14(24)4)20(26)23-21-22-18(19(27-21)15(5)25)16-9-7-6-8-10-16/h6-12H,1-5H3,(H,22,23,26). The van der Waals surface area contributed by atoms with Crippen LogP contribution in [0.1, 0.15) is 58.2 Å². The van der Waals surface area contributed by atoms with E-state index in [0.717, 1.165) is 17.0 Å². The smallest absolute Gasteiger partial charge is 0.259 e. The Bertz CT molecular complexity index is 1000. The van der Waals surface area contributed by atoms with E-state index in [0.29, 0.717) is 21.3 Å². The molecule has 1 aromatic carbocycles. The van der Waals surface area contributed by atoms with Crippen molar-refractivity contribution in [3.05, 3.63) is 58.2 Å². The predicted molar refractivity (Wildman–Crippen MR) is 110 cm³/mol. The van der Waals surface area contributed by atoms with Gasteiger partial charge in [0, 0.05) is 29.9 Å². The van der Waals surface area contributed by atoms with Crippen LogP contribution in [0.5, 0.6) is 0 Å². The second kappa shape index (κ2) is 7.48. The van der Waals surface area contributed by atoms with Crippen molar-refractivity contribution in [2.45, 2.75) is 40.7 Å². The van der Waals surface area contributed by atoms with Gasteiger partial charge in [-0.1, -0.05) is 41.7 Å². The molecule has 0 atom stereocenters. The number of Topliss-reactive ketones (excluding diaryl/α,β-unsaturated/α-hetero) is 1. The van der Waals surface area contributed by atoms with Crippen LogP contribution in [0.15, 0.2) is 36.4 Å². The Balaban J connectivity index is 1.94. The molecule has 0 fully saturated rings. The van der Waals surface area contributed by atoms with Gasteiger partial charge in [-0.2, -0.15) is 0 Å². The van der Waals surface area contributed by atoms with E-state index in [1.54, 1.807) is 0 Å². The summed E-state index contributed by atoms with van der Waals surface area (Å²) >= 11 is 1.21. The van der Waals surface area contributed by atoms with Gasteiger partial charge in [0.15, 0.2) is 10.9 Å². The molecule has 0 aliphatic heterocycles. The highest BCUT2D eigenvalue weighted by atomic mass is 32.1. The molecule has 27 heavy (non-hydrogen) atoms. The van der Waals surface area contributed by atoms with Gasteiger partial charge >= 0.3 is 0 Å². The van der Waals surface area contributed by atoms with E-state index in [9.17, 15) is 9.59 Å². The third-order valence-corrected chi connectivity index (χ3v) is 5.53. The average molecular weight is 382 g/mol. The highest BCUT2D eigenvalue weighted by molar-refractivity contribution is 7.18. The topological polar surface area (TPSA) is 64.0 Å². The highest BCUT2D eigenvalue weighted by Gasteiger charge is 2.21. The van der Waals surface area contributed by atoms with Gasteiger partial charge < -0.3 is 4.57 Å². The van der Waals surface area contributed by atoms with Crippen molar-refractivity contribution in [3.63, 3.8) is 0 Å². The third kappa shape index (κ3) is 3.71. The summed E-state index contributed by atoms with van der Waals surface area (Å²) in [6, 6.07) is 11.7. The van der Waals surface area contributed by atoms with Crippen LogP contribution in [-0.4, -0.2) is 21.2 Å². The summed E-state index contributed by atoms with van der Waals surface area (Å²) in [6.07, 6.45) is 0. The molecule has 0 unspecified atom stereocenters. The Kier molecular flexibility index (Phi) is 5.28. The summed E-state index contributed by atoms with van der Waals surface area (Å²) < 4.78 is 2.13. The summed E-state index contributed by atoms with van der Waals surface area (Å²) in [4.78, 5) is 29.9. The number of benzene rings is 1. The number of hydrogen-bond donors (Lipinski definition) is 1. The van der Waals surface area contributed by atoms with Gasteiger partial charge in [-0.25, -0.2) is 4.98 Å². The van der Waals surface area contributed by atoms with E-state index in [1.165, 1.54) is 18.3 Å². The first-order valence-electron chi connectivity index (χ1n) is 8.86. The van der Waals surface area contributed by atoms with Crippen LogP contribution in [0.25, 0.3) is 11.3 Å². The molecule has 2 heterocycles. The fourth-order valence-electron chi connectivity index (χ4n) is 3.37. The molecule has 0 radical (unpaired) electrons. The first-order valence-corrected chi connectivity index (χ1v) is 9.68. The minimum atomic E-state index is -0.210. The monoisotopic (exact) mass is 381 g/mol. The maximum absolute atomic E-state index is 12.8. The zero-order valence-electron chi connectivity index (χ0n) is 16.2. The van der Waals surface area contributed by atoms with Crippen LogP contribution in [0.4, 0.5) is 5.13 Å². The van der Waals surface area contributed by atoms with Crippen molar-refractivity contribution in [1.82, 2.24) is 9.55 Å². The van der Waals surface area contributed by atoms with Crippen molar-refractivity contribution in [3.8, 4) is 11.3 Å². The number of anilines is 1. The molecule has 3 rings (SSSR count). The molecule has 1 amide bonds. The second-order valence-corrected chi connectivity index (χ2v) is 7.82. The number of hydrogen-bond acceptors (Lipinski definition) is 4. The number of nitrogens with one attached hydrogen (secondary N) is 1. The van der Waals surface area contributed by atoms with Crippen molar-refractivity contribution >= 4 is 28.2 Å². The molecular weight excluding hydrogens is 358 g/mol. The Hall–Kier alpha value is -2.73. The van der Waals surface area contributed by atoms with Gasteiger partial charge in [0.25, 0.3) is 5.91 Å². The molecule has 0 spiro atoms. The number of nitrogens with zero attached hydrogens (tertiary/aromatic N) is 2. The molecule has 140 valence electrons. The lowest BCUT2D eigenvalue weighted by atomic mass is 10.1. The normalized spacial score (nSPS) is 11.0. The van der Waals surface area contributed by atoms with Crippen LogP contribution in [0.2, 0.25) is 0 Å². The summed E-state index contributed by atoms with van der Waals surface area (Å²) in [5.74, 6) is -0.275. The number of thiazole rings is 1. The van der Waals surface area contributed by atoms with Gasteiger partial charge in [-0.05, 0) is 33.8 Å². The molecule has 2 aromatic heterocycles. The van der Waals surface area contributed by atoms with Gasteiger partial charge in [-0.15, -0.1) is 0 Å². The fraction of sp³-hybridized carbons (Fsp3) is 0.286. The maximum Gasteiger partial charge on any atom is 0.259 e. The lowest BCUT2D eigenvalue weighted by Crippen LogP contribution is -2.13. The van der Waals surface area contributed by atoms with Crippen LogP contribution < -0.4 is 5.32 Å². The molecular formula is C21H23N3O2S. The highest BCUT2D eigenvalue weighted by Crippen LogP contribution is 2.32. The first kappa shape index (κ1) is 19.0. The lowest BCUT2D eigenvalue weighted by molar-refractivity contribution is 0.101. The van der Waals surface area contributed by atoms with Crippen molar-refractivity contribution < 1.29 is 9.59 Å². The Morgan fingerprint density at radius 1 is 1.15 bits per heavy atom. The first-order chi connectivity index (χ1) is 12.8. The minimum Gasteiger partial charge on any atom is -0.346 e. The number of carbonyl (C=O) groups is 2. The Morgan fingerprint density at radius 3 is 2.37 bits per heavy atom. The van der Waals surface area contributed by atoms with E-state index < -0.39 is 0 Å². The van der Waals surface area contributed by atoms with Gasteiger partial charge in [0.1, 0.15) is 0 Å². The van der Waals surface area contributed by atoms with Crippen LogP contribution >= 0.6 is 11.3 Å². The predicted octanol–water partition coefficient (Wildman–Crippen LogP) is 5.26. The molecule has 0 saturated heterocycles. The van der Waals surface area contributed by atoms with E-state index in [-0.39, 0.29) is 17.7 Å². The van der Waals surface area contributed by atoms with Crippen molar-refractivity contribution in [2.75, 3.05) is 5.32 Å². The fourth-order valence-corrected chi connectivity index (χ4v) is 4.25. The van der Waals surface area contributed by atoms with Crippen molar-refractivity contribution in [2.24, 2.45) is 0 Å². The second-order valence-electron chi connectivity index (χ2n) is 6.82. The van der Waals surface area contributed by atoms with Crippen LogP contribution in [0, 0.1) is 13.8 Å². The third-order valence-electron chi connectivity index (χ3n) is 4.46. The van der Waals surface area contributed by atoms with E-state index in [4.69, 9.17) is 0 Å². The summed E-state index contributed by atoms with van der Waals surface area (Å²) in [5, 5.41) is 3.30. The number of aryl methyl sites for hydroxylation is 1. The molecule has 6 heteroatoms. The minimum absolute atomic E-state index is 0.0650. The number of carbonyl (C=O) groups excluding carboxylic acids is 2. The van der Waals surface area contributed by atoms with Crippen molar-refractivity contribution in [1.29, 1.82) is 0 Å². The lowest BCUT2D eigenvalue weighted by Gasteiger charge is -2.13. The van der Waals surface area contributed by atoms with Gasteiger partial charge in [-0.3, -0.25) is 14.9 Å². The number of rotatable bonds is 5. The number of amides is 1. The van der Waals surface area contributed by atoms with Crippen LogP contribution in [0.3, 0.4) is 0 Å². The number of aromatic nitrogens is 2. The van der Waals surface area contributed by atoms with Gasteiger partial charge in [0.2, 0.25) is 0 Å². The Labute approximate surface area is 163 Å². The van der Waals surface area contributed by atoms with E-state index in [1.807, 2.05) is 50.2 Å². The summed E-state index contributed by atoms with van der Waals surface area (Å²) in [7, 11) is 0. The quantitative estimate of drug-likeness (QED) is 0.613. The summed E-state index contributed by atoms with van der Waals surface area (Å²) in [6.45, 7) is 9.64. The largest absolute Gasteiger partial charge is 0.346 e. The SMILES string of the molecule is CC(=O)c1sc(NC(=O)c2cc(C)n(C(C)C)c2C)nc1-c1ccccc1. The zero-order chi connectivity index (χ0) is 19.7. The average Bonchev–Trinajstić information content (AvgIpc) is 3.16. The summed E-state index contributed by atoms with van der Waals surface area (Å²) in [5.41, 5.74) is 4.06. The Morgan fingerprint density at radius 2 is 1.81 bits per heavy atom. The van der Waals surface area contributed by atoms with E-state index in [2.05, 4.69) is 28.7 Å². The zero-order valence-corrected chi connectivity index (χ0v) is 17.0. The molecule has 1 N–H and O–H groups in total. The molecule has 0 aliphatic carbocycles. The molecule has 0 aliphatic rings.